The Hall–Kier alpha value is -0.730. The molecular weight excluding hydrogens is 252 g/mol. The highest BCUT2D eigenvalue weighted by molar-refractivity contribution is 5.61. The highest BCUT2D eigenvalue weighted by Crippen LogP contribution is 2.41. The van der Waals surface area contributed by atoms with Gasteiger partial charge in [0.15, 0.2) is 0 Å². The fourth-order valence-electron chi connectivity index (χ4n) is 4.04. The van der Waals surface area contributed by atoms with Crippen LogP contribution < -0.4 is 0 Å². The third kappa shape index (κ3) is 3.67. The molecule has 2 unspecified atom stereocenters. The number of hydrogen-bond acceptors (Lipinski definition) is 3. The van der Waals surface area contributed by atoms with Crippen LogP contribution in [-0.4, -0.2) is 17.9 Å². The second-order valence-corrected chi connectivity index (χ2v) is 6.50. The minimum Gasteiger partial charge on any atom is -0.431 e. The fourth-order valence-corrected chi connectivity index (χ4v) is 4.04. The van der Waals surface area contributed by atoms with Gasteiger partial charge in [0.1, 0.15) is 11.7 Å². The summed E-state index contributed by atoms with van der Waals surface area (Å²) in [6.07, 6.45) is 11.9. The van der Waals surface area contributed by atoms with Crippen molar-refractivity contribution in [2.24, 2.45) is 5.92 Å². The molecule has 3 nitrogen and oxygen atoms in total. The first-order valence-corrected chi connectivity index (χ1v) is 8.60. The second kappa shape index (κ2) is 7.33. The first-order chi connectivity index (χ1) is 9.70. The van der Waals surface area contributed by atoms with Crippen molar-refractivity contribution in [3.8, 4) is 0 Å². The average Bonchev–Trinajstić information content (AvgIpc) is 2.48. The molecule has 3 heteroatoms. The maximum Gasteiger partial charge on any atom is 0.509 e. The van der Waals surface area contributed by atoms with E-state index in [0.717, 1.165) is 32.1 Å². The molecule has 0 aromatic carbocycles. The van der Waals surface area contributed by atoms with E-state index in [-0.39, 0.29) is 11.7 Å². The lowest BCUT2D eigenvalue weighted by atomic mass is 9.72. The summed E-state index contributed by atoms with van der Waals surface area (Å²) >= 11 is 0. The minimum atomic E-state index is -0.417. The Balaban J connectivity index is 1.91. The van der Waals surface area contributed by atoms with Gasteiger partial charge >= 0.3 is 6.16 Å². The first-order valence-electron chi connectivity index (χ1n) is 8.60. The molecule has 2 atom stereocenters. The van der Waals surface area contributed by atoms with E-state index in [0.29, 0.717) is 5.92 Å². The third-order valence-corrected chi connectivity index (χ3v) is 5.34. The van der Waals surface area contributed by atoms with Crippen LogP contribution in [0.15, 0.2) is 0 Å². The van der Waals surface area contributed by atoms with Gasteiger partial charge in [-0.15, -0.1) is 0 Å². The van der Waals surface area contributed by atoms with Gasteiger partial charge in [-0.3, -0.25) is 0 Å². The zero-order valence-electron chi connectivity index (χ0n) is 13.2. The normalized spacial score (nSPS) is 31.8. The van der Waals surface area contributed by atoms with Crippen molar-refractivity contribution in [1.29, 1.82) is 0 Å². The molecule has 0 bridgehead atoms. The number of rotatable bonds is 4. The van der Waals surface area contributed by atoms with Crippen molar-refractivity contribution in [3.63, 3.8) is 0 Å². The zero-order chi connectivity index (χ0) is 14.4. The zero-order valence-corrected chi connectivity index (χ0v) is 13.2. The average molecular weight is 282 g/mol. The summed E-state index contributed by atoms with van der Waals surface area (Å²) in [6, 6.07) is 0. The molecule has 2 aliphatic carbocycles. The van der Waals surface area contributed by atoms with Gasteiger partial charge in [-0.2, -0.15) is 0 Å². The largest absolute Gasteiger partial charge is 0.509 e. The summed E-state index contributed by atoms with van der Waals surface area (Å²) < 4.78 is 11.4. The van der Waals surface area contributed by atoms with Crippen LogP contribution in [0, 0.1) is 5.92 Å². The van der Waals surface area contributed by atoms with Crippen molar-refractivity contribution in [3.05, 3.63) is 0 Å². The molecule has 116 valence electrons. The SMILES string of the molecule is CCC1CCCCC1(CC)OC(=O)OC1CCCCC1. The van der Waals surface area contributed by atoms with Crippen LogP contribution in [0.3, 0.4) is 0 Å². The first kappa shape index (κ1) is 15.7. The van der Waals surface area contributed by atoms with Gasteiger partial charge in [-0.05, 0) is 63.7 Å². The molecular formula is C17H30O3. The van der Waals surface area contributed by atoms with E-state index in [1.807, 2.05) is 0 Å². The predicted octanol–water partition coefficient (Wildman–Crippen LogP) is 5.22. The van der Waals surface area contributed by atoms with Crippen LogP contribution in [0.2, 0.25) is 0 Å². The summed E-state index contributed by atoms with van der Waals surface area (Å²) in [4.78, 5) is 12.2. The van der Waals surface area contributed by atoms with Crippen LogP contribution in [0.4, 0.5) is 4.79 Å². The van der Waals surface area contributed by atoms with Gasteiger partial charge in [-0.1, -0.05) is 26.7 Å². The molecule has 0 saturated heterocycles. The number of hydrogen-bond donors (Lipinski definition) is 0. The van der Waals surface area contributed by atoms with Crippen molar-refractivity contribution >= 4 is 6.16 Å². The van der Waals surface area contributed by atoms with Crippen LogP contribution in [0.1, 0.15) is 84.5 Å². The molecule has 0 radical (unpaired) electrons. The standard InChI is InChI=1S/C17H30O3/c1-3-14-10-8-9-13-17(14,4-2)20-16(18)19-15-11-6-5-7-12-15/h14-15H,3-13H2,1-2H3. The van der Waals surface area contributed by atoms with Gasteiger partial charge in [-0.25, -0.2) is 4.79 Å². The molecule has 2 aliphatic rings. The highest BCUT2D eigenvalue weighted by atomic mass is 16.7. The molecule has 0 aliphatic heterocycles. The highest BCUT2D eigenvalue weighted by Gasteiger charge is 2.42. The monoisotopic (exact) mass is 282 g/mol. The van der Waals surface area contributed by atoms with Gasteiger partial charge in [0.05, 0.1) is 0 Å². The van der Waals surface area contributed by atoms with Crippen molar-refractivity contribution in [2.45, 2.75) is 96.2 Å². The molecule has 2 saturated carbocycles. The Kier molecular flexibility index (Phi) is 5.74. The minimum absolute atomic E-state index is 0.0915. The Morgan fingerprint density at radius 1 is 1.05 bits per heavy atom. The molecule has 0 heterocycles. The van der Waals surface area contributed by atoms with Crippen LogP contribution >= 0.6 is 0 Å². The van der Waals surface area contributed by atoms with Gasteiger partial charge in [0.2, 0.25) is 0 Å². The van der Waals surface area contributed by atoms with Crippen molar-refractivity contribution in [1.82, 2.24) is 0 Å². The van der Waals surface area contributed by atoms with Crippen molar-refractivity contribution < 1.29 is 14.3 Å². The Bertz CT molecular complexity index is 309. The summed E-state index contributed by atoms with van der Waals surface area (Å²) in [7, 11) is 0. The lowest BCUT2D eigenvalue weighted by Gasteiger charge is -2.42. The van der Waals surface area contributed by atoms with E-state index in [4.69, 9.17) is 9.47 Å². The summed E-state index contributed by atoms with van der Waals surface area (Å²) in [6.45, 7) is 4.35. The smallest absolute Gasteiger partial charge is 0.431 e. The van der Waals surface area contributed by atoms with Crippen LogP contribution in [0.5, 0.6) is 0 Å². The Morgan fingerprint density at radius 3 is 2.40 bits per heavy atom. The molecule has 0 amide bonds. The van der Waals surface area contributed by atoms with Gasteiger partial charge in [0.25, 0.3) is 0 Å². The Morgan fingerprint density at radius 2 is 1.75 bits per heavy atom. The maximum absolute atomic E-state index is 12.2. The van der Waals surface area contributed by atoms with E-state index in [2.05, 4.69) is 13.8 Å². The van der Waals surface area contributed by atoms with Crippen LogP contribution in [-0.2, 0) is 9.47 Å². The number of ether oxygens (including phenoxy) is 2. The lowest BCUT2D eigenvalue weighted by Crippen LogP contribution is -2.44. The lowest BCUT2D eigenvalue weighted by molar-refractivity contribution is -0.102. The molecule has 20 heavy (non-hydrogen) atoms. The molecule has 2 rings (SSSR count). The van der Waals surface area contributed by atoms with Crippen LogP contribution in [0.25, 0.3) is 0 Å². The topological polar surface area (TPSA) is 35.5 Å². The molecule has 0 spiro atoms. The van der Waals surface area contributed by atoms with E-state index < -0.39 is 6.16 Å². The second-order valence-electron chi connectivity index (χ2n) is 6.50. The van der Waals surface area contributed by atoms with E-state index >= 15 is 0 Å². The van der Waals surface area contributed by atoms with E-state index in [9.17, 15) is 4.79 Å². The summed E-state index contributed by atoms with van der Waals surface area (Å²) in [5.41, 5.74) is -0.265. The molecule has 0 aromatic heterocycles. The summed E-state index contributed by atoms with van der Waals surface area (Å²) in [5.74, 6) is 0.500. The van der Waals surface area contributed by atoms with Gasteiger partial charge < -0.3 is 9.47 Å². The molecule has 0 aromatic rings. The Labute approximate surface area is 123 Å². The third-order valence-electron chi connectivity index (χ3n) is 5.34. The van der Waals surface area contributed by atoms with Gasteiger partial charge in [0, 0.05) is 0 Å². The summed E-state index contributed by atoms with van der Waals surface area (Å²) in [5, 5.41) is 0. The quantitative estimate of drug-likeness (QED) is 0.663. The maximum atomic E-state index is 12.2. The van der Waals surface area contributed by atoms with E-state index in [1.165, 1.54) is 38.5 Å². The fraction of sp³-hybridized carbons (Fsp3) is 0.941. The van der Waals surface area contributed by atoms with Crippen molar-refractivity contribution in [2.75, 3.05) is 0 Å². The predicted molar refractivity (Wildman–Crippen MR) is 79.7 cm³/mol. The number of carbonyl (C=O) groups is 1. The molecule has 0 N–H and O–H groups in total. The van der Waals surface area contributed by atoms with E-state index in [1.54, 1.807) is 0 Å². The number of carbonyl (C=O) groups excluding carboxylic acids is 1. The molecule has 2 fully saturated rings.